The van der Waals surface area contributed by atoms with Gasteiger partial charge in [-0.1, -0.05) is 0 Å². The molecule has 0 spiro atoms. The first-order valence-electron chi connectivity index (χ1n) is 5.00. The minimum absolute atomic E-state index is 0.485. The molecule has 1 nitrogen and oxygen atoms in total. The van der Waals surface area contributed by atoms with Crippen molar-refractivity contribution >= 4 is 16.6 Å². The molecular weight excluding hydrogens is 163 g/mol. The molecule has 0 amide bonds. The van der Waals surface area contributed by atoms with Crippen LogP contribution in [0.5, 0.6) is 0 Å². The molecule has 1 fully saturated rings. The van der Waals surface area contributed by atoms with Gasteiger partial charge in [0.25, 0.3) is 0 Å². The van der Waals surface area contributed by atoms with Crippen molar-refractivity contribution < 1.29 is 3.79 Å². The van der Waals surface area contributed by atoms with Gasteiger partial charge in [0, 0.05) is 0 Å². The van der Waals surface area contributed by atoms with E-state index in [1.54, 1.807) is 0 Å². The third-order valence-corrected chi connectivity index (χ3v) is 3.49. The summed E-state index contributed by atoms with van der Waals surface area (Å²) < 4.78 is 5.45. The Hall–Kier alpha value is 0.492. The molecule has 1 aliphatic carbocycles. The van der Waals surface area contributed by atoms with E-state index in [1.165, 1.54) is 19.3 Å². The Kier molecular flexibility index (Phi) is 4.10. The maximum absolute atomic E-state index is 5.45. The van der Waals surface area contributed by atoms with E-state index in [1.807, 2.05) is 0 Å². The van der Waals surface area contributed by atoms with Crippen LogP contribution >= 0.6 is 0 Å². The van der Waals surface area contributed by atoms with Crippen molar-refractivity contribution in [2.24, 2.45) is 17.8 Å². The molecular formula is C10H19AlO+2. The van der Waals surface area contributed by atoms with Gasteiger partial charge in [0.1, 0.15) is 0 Å². The average molecular weight is 182 g/mol. The first-order chi connectivity index (χ1) is 5.65. The third-order valence-electron chi connectivity index (χ3n) is 3.14. The van der Waals surface area contributed by atoms with E-state index >= 15 is 0 Å². The first-order valence-corrected chi connectivity index (χ1v) is 5.47. The van der Waals surface area contributed by atoms with Crippen molar-refractivity contribution in [1.29, 1.82) is 0 Å². The normalized spacial score (nSPS) is 37.3. The van der Waals surface area contributed by atoms with E-state index in [2.05, 4.69) is 37.4 Å². The summed E-state index contributed by atoms with van der Waals surface area (Å²) in [6.45, 7) is 6.93. The molecule has 66 valence electrons. The van der Waals surface area contributed by atoms with Crippen LogP contribution in [0.1, 0.15) is 40.0 Å². The van der Waals surface area contributed by atoms with Gasteiger partial charge in [-0.25, -0.2) is 0 Å². The molecule has 1 rings (SSSR count). The van der Waals surface area contributed by atoms with Gasteiger partial charge < -0.3 is 0 Å². The van der Waals surface area contributed by atoms with Gasteiger partial charge in [0.15, 0.2) is 0 Å². The Bertz CT molecular complexity index is 136. The molecule has 3 atom stereocenters. The van der Waals surface area contributed by atoms with Crippen LogP contribution in [0.15, 0.2) is 0 Å². The molecule has 3 unspecified atom stereocenters. The van der Waals surface area contributed by atoms with Crippen LogP contribution in [0.3, 0.4) is 0 Å². The van der Waals surface area contributed by atoms with Gasteiger partial charge in [-0.2, -0.15) is 0 Å². The van der Waals surface area contributed by atoms with E-state index in [0.717, 1.165) is 17.8 Å². The van der Waals surface area contributed by atoms with Crippen molar-refractivity contribution in [3.05, 3.63) is 0 Å². The Morgan fingerprint density at radius 3 is 2.50 bits per heavy atom. The van der Waals surface area contributed by atoms with Crippen LogP contribution in [-0.2, 0) is 3.79 Å². The fourth-order valence-electron chi connectivity index (χ4n) is 2.27. The Balaban J connectivity index is 2.50. The van der Waals surface area contributed by atoms with Crippen molar-refractivity contribution in [3.63, 3.8) is 0 Å². The molecule has 0 bridgehead atoms. The van der Waals surface area contributed by atoms with Crippen LogP contribution in [-0.4, -0.2) is 22.7 Å². The molecule has 0 saturated heterocycles. The van der Waals surface area contributed by atoms with Crippen LogP contribution in [0.4, 0.5) is 0 Å². The molecule has 2 heteroatoms. The predicted octanol–water partition coefficient (Wildman–Crippen LogP) is 2.55. The molecule has 0 radical (unpaired) electrons. The quantitative estimate of drug-likeness (QED) is 0.596. The summed E-state index contributed by atoms with van der Waals surface area (Å²) in [5.41, 5.74) is 0. The number of hydrogen-bond donors (Lipinski definition) is 0. The van der Waals surface area contributed by atoms with Crippen LogP contribution in [0.2, 0.25) is 0 Å². The summed E-state index contributed by atoms with van der Waals surface area (Å²) in [5.74, 6) is 2.40. The zero-order chi connectivity index (χ0) is 9.14. The second-order valence-corrected chi connectivity index (χ2v) is 4.77. The molecule has 0 aliphatic heterocycles. The topological polar surface area (TPSA) is 9.23 Å². The van der Waals surface area contributed by atoms with Crippen LogP contribution in [0.25, 0.3) is 0 Å². The van der Waals surface area contributed by atoms with Crippen molar-refractivity contribution in [2.45, 2.75) is 46.1 Å². The maximum atomic E-state index is 5.45. The second-order valence-electron chi connectivity index (χ2n) is 4.50. The van der Waals surface area contributed by atoms with E-state index in [4.69, 9.17) is 3.79 Å². The molecule has 0 aromatic rings. The van der Waals surface area contributed by atoms with Crippen molar-refractivity contribution in [3.8, 4) is 0 Å². The summed E-state index contributed by atoms with van der Waals surface area (Å²) >= 11 is 2.43. The summed E-state index contributed by atoms with van der Waals surface area (Å²) in [6, 6.07) is 0. The van der Waals surface area contributed by atoms with Gasteiger partial charge in [-0.05, 0) is 0 Å². The number of rotatable bonds is 2. The average Bonchev–Trinajstić information content (AvgIpc) is 2.03. The summed E-state index contributed by atoms with van der Waals surface area (Å²) in [6.07, 6.45) is 4.45. The summed E-state index contributed by atoms with van der Waals surface area (Å²) in [4.78, 5) is 0. The van der Waals surface area contributed by atoms with Crippen molar-refractivity contribution in [2.75, 3.05) is 0 Å². The van der Waals surface area contributed by atoms with Gasteiger partial charge >= 0.3 is 84.3 Å². The van der Waals surface area contributed by atoms with Gasteiger partial charge in [0.05, 0.1) is 0 Å². The molecule has 0 N–H and O–H groups in total. The molecule has 1 saturated carbocycles. The van der Waals surface area contributed by atoms with E-state index in [0.29, 0.717) is 6.10 Å². The van der Waals surface area contributed by atoms with Gasteiger partial charge in [0.2, 0.25) is 0 Å². The first kappa shape index (κ1) is 10.6. The Morgan fingerprint density at radius 2 is 2.00 bits per heavy atom. The summed E-state index contributed by atoms with van der Waals surface area (Å²) in [5, 5.41) is 0. The molecule has 12 heavy (non-hydrogen) atoms. The minimum atomic E-state index is 0.485. The van der Waals surface area contributed by atoms with Crippen LogP contribution < -0.4 is 0 Å². The van der Waals surface area contributed by atoms with E-state index < -0.39 is 0 Å². The molecule has 0 aromatic carbocycles. The van der Waals surface area contributed by atoms with Gasteiger partial charge in [-0.15, -0.1) is 0 Å². The predicted molar refractivity (Wildman–Crippen MR) is 52.0 cm³/mol. The fraction of sp³-hybridized carbons (Fsp3) is 1.00. The standard InChI is InChI=1S/C10H19O.Al/c1-7(2)9-5-4-8(3)6-10(9)11;/h7-10H,4-6H2,1-3H3;/q-1;+3. The van der Waals surface area contributed by atoms with Crippen LogP contribution in [0, 0.1) is 17.8 Å². The SMILES string of the molecule is CC1CCC(C(C)C)C([O][Al+2])C1. The van der Waals surface area contributed by atoms with E-state index in [9.17, 15) is 0 Å². The zero-order valence-corrected chi connectivity index (χ0v) is 9.57. The molecule has 0 aromatic heterocycles. The van der Waals surface area contributed by atoms with Gasteiger partial charge in [-0.3, -0.25) is 0 Å². The summed E-state index contributed by atoms with van der Waals surface area (Å²) in [7, 11) is 0. The van der Waals surface area contributed by atoms with Crippen molar-refractivity contribution in [1.82, 2.24) is 0 Å². The fourth-order valence-corrected chi connectivity index (χ4v) is 2.58. The Labute approximate surface area is 84.6 Å². The number of hydrogen-bond acceptors (Lipinski definition) is 1. The second kappa shape index (κ2) is 4.65. The molecule has 1 aliphatic rings. The zero-order valence-electron chi connectivity index (χ0n) is 8.42. The third kappa shape index (κ3) is 2.49. The Morgan fingerprint density at radius 1 is 1.33 bits per heavy atom. The monoisotopic (exact) mass is 182 g/mol. The molecule has 0 heterocycles. The van der Waals surface area contributed by atoms with E-state index in [-0.39, 0.29) is 0 Å².